The van der Waals surface area contributed by atoms with Gasteiger partial charge in [0.2, 0.25) is 5.91 Å². The molecule has 4 nitrogen and oxygen atoms in total. The molecule has 0 saturated heterocycles. The van der Waals surface area contributed by atoms with Crippen molar-refractivity contribution in [3.05, 3.63) is 29.6 Å². The van der Waals surface area contributed by atoms with Crippen LogP contribution in [0.2, 0.25) is 0 Å². The Morgan fingerprint density at radius 3 is 2.87 bits per heavy atom. The molecule has 0 bridgehead atoms. The van der Waals surface area contributed by atoms with E-state index in [0.717, 1.165) is 6.07 Å². The number of benzene rings is 1. The quantitative estimate of drug-likeness (QED) is 0.699. The second-order valence-corrected chi connectivity index (χ2v) is 2.96. The van der Waals surface area contributed by atoms with Crippen LogP contribution in [-0.4, -0.2) is 26.1 Å². The molecule has 0 atom stereocenters. The standard InChI is InChI=1S/C10H13FN2O2/c1-13-4-5-15-9-3-2-7(10(12)14)6-8(9)11/h2-3,6,13H,4-5H2,1H3,(H2,12,14). The number of primary amides is 1. The Labute approximate surface area is 87.2 Å². The monoisotopic (exact) mass is 212 g/mol. The topological polar surface area (TPSA) is 64.3 Å². The Morgan fingerprint density at radius 1 is 1.60 bits per heavy atom. The van der Waals surface area contributed by atoms with Gasteiger partial charge in [0.25, 0.3) is 0 Å². The minimum Gasteiger partial charge on any atom is -0.489 e. The molecule has 0 radical (unpaired) electrons. The highest BCUT2D eigenvalue weighted by Crippen LogP contribution is 2.17. The van der Waals surface area contributed by atoms with Gasteiger partial charge in [0.1, 0.15) is 6.61 Å². The Kier molecular flexibility index (Phi) is 4.05. The van der Waals surface area contributed by atoms with Gasteiger partial charge in [0.15, 0.2) is 11.6 Å². The van der Waals surface area contributed by atoms with Crippen LogP contribution in [0, 0.1) is 5.82 Å². The van der Waals surface area contributed by atoms with Gasteiger partial charge in [0, 0.05) is 12.1 Å². The molecule has 1 amide bonds. The summed E-state index contributed by atoms with van der Waals surface area (Å²) in [5.74, 6) is -1.12. The van der Waals surface area contributed by atoms with E-state index in [1.54, 1.807) is 7.05 Å². The molecule has 0 saturated carbocycles. The van der Waals surface area contributed by atoms with Gasteiger partial charge in [-0.2, -0.15) is 0 Å². The Balaban J connectivity index is 2.70. The SMILES string of the molecule is CNCCOc1ccc(C(N)=O)cc1F. The predicted octanol–water partition coefficient (Wildman–Crippen LogP) is 0.523. The molecule has 0 aliphatic rings. The van der Waals surface area contributed by atoms with Crippen molar-refractivity contribution in [2.24, 2.45) is 5.73 Å². The average Bonchev–Trinajstić information content (AvgIpc) is 2.20. The minimum absolute atomic E-state index is 0.121. The summed E-state index contributed by atoms with van der Waals surface area (Å²) in [7, 11) is 1.77. The number of nitrogens with one attached hydrogen (secondary N) is 1. The highest BCUT2D eigenvalue weighted by Gasteiger charge is 2.07. The van der Waals surface area contributed by atoms with E-state index in [9.17, 15) is 9.18 Å². The van der Waals surface area contributed by atoms with Gasteiger partial charge < -0.3 is 15.8 Å². The van der Waals surface area contributed by atoms with Crippen molar-refractivity contribution in [1.29, 1.82) is 0 Å². The van der Waals surface area contributed by atoms with Gasteiger partial charge in [0.05, 0.1) is 0 Å². The van der Waals surface area contributed by atoms with Crippen molar-refractivity contribution in [2.45, 2.75) is 0 Å². The van der Waals surface area contributed by atoms with E-state index >= 15 is 0 Å². The lowest BCUT2D eigenvalue weighted by Crippen LogP contribution is -2.16. The maximum absolute atomic E-state index is 13.3. The average molecular weight is 212 g/mol. The molecule has 0 fully saturated rings. The number of amides is 1. The number of hydrogen-bond donors (Lipinski definition) is 2. The summed E-state index contributed by atoms with van der Waals surface area (Å²) in [4.78, 5) is 10.7. The second kappa shape index (κ2) is 5.31. The number of likely N-dealkylation sites (N-methyl/N-ethyl adjacent to an activating group) is 1. The number of rotatable bonds is 5. The van der Waals surface area contributed by atoms with Crippen LogP contribution in [-0.2, 0) is 0 Å². The van der Waals surface area contributed by atoms with Crippen molar-refractivity contribution in [1.82, 2.24) is 5.32 Å². The predicted molar refractivity (Wildman–Crippen MR) is 54.3 cm³/mol. The molecular weight excluding hydrogens is 199 g/mol. The number of hydrogen-bond acceptors (Lipinski definition) is 3. The molecule has 15 heavy (non-hydrogen) atoms. The fourth-order valence-corrected chi connectivity index (χ4v) is 1.03. The van der Waals surface area contributed by atoms with Crippen molar-refractivity contribution in [2.75, 3.05) is 20.2 Å². The third kappa shape index (κ3) is 3.21. The van der Waals surface area contributed by atoms with Gasteiger partial charge in [-0.15, -0.1) is 0 Å². The summed E-state index contributed by atoms with van der Waals surface area (Å²) >= 11 is 0. The highest BCUT2D eigenvalue weighted by molar-refractivity contribution is 5.92. The zero-order valence-corrected chi connectivity index (χ0v) is 8.42. The molecule has 0 aliphatic carbocycles. The van der Waals surface area contributed by atoms with Gasteiger partial charge in [-0.3, -0.25) is 4.79 Å². The molecule has 82 valence electrons. The molecular formula is C10H13FN2O2. The van der Waals surface area contributed by atoms with Crippen LogP contribution in [0.1, 0.15) is 10.4 Å². The largest absolute Gasteiger partial charge is 0.489 e. The van der Waals surface area contributed by atoms with Crippen LogP contribution in [0.3, 0.4) is 0 Å². The lowest BCUT2D eigenvalue weighted by molar-refractivity contribution is 0.1000. The molecule has 0 aliphatic heterocycles. The molecule has 1 rings (SSSR count). The van der Waals surface area contributed by atoms with E-state index in [4.69, 9.17) is 10.5 Å². The maximum Gasteiger partial charge on any atom is 0.248 e. The third-order valence-corrected chi connectivity index (χ3v) is 1.83. The summed E-state index contributed by atoms with van der Waals surface area (Å²) in [6.45, 7) is 0.986. The molecule has 0 unspecified atom stereocenters. The molecule has 0 aromatic heterocycles. The Morgan fingerprint density at radius 2 is 2.33 bits per heavy atom. The third-order valence-electron chi connectivity index (χ3n) is 1.83. The van der Waals surface area contributed by atoms with E-state index < -0.39 is 11.7 Å². The Bertz CT molecular complexity index is 355. The van der Waals surface area contributed by atoms with Crippen LogP contribution >= 0.6 is 0 Å². The molecule has 1 aromatic carbocycles. The number of carbonyl (C=O) groups is 1. The van der Waals surface area contributed by atoms with Gasteiger partial charge in [-0.1, -0.05) is 0 Å². The summed E-state index contributed by atoms with van der Waals surface area (Å²) in [6.07, 6.45) is 0. The zero-order chi connectivity index (χ0) is 11.3. The molecule has 5 heteroatoms. The first-order chi connectivity index (χ1) is 7.15. The van der Waals surface area contributed by atoms with E-state index in [1.807, 2.05) is 0 Å². The smallest absolute Gasteiger partial charge is 0.248 e. The van der Waals surface area contributed by atoms with Crippen molar-refractivity contribution in [3.8, 4) is 5.75 Å². The number of halogens is 1. The number of ether oxygens (including phenoxy) is 1. The van der Waals surface area contributed by atoms with E-state index in [-0.39, 0.29) is 11.3 Å². The summed E-state index contributed by atoms with van der Waals surface area (Å²) < 4.78 is 18.4. The minimum atomic E-state index is -0.657. The van der Waals surface area contributed by atoms with Crippen LogP contribution in [0.5, 0.6) is 5.75 Å². The molecule has 3 N–H and O–H groups in total. The van der Waals surface area contributed by atoms with Gasteiger partial charge in [-0.25, -0.2) is 4.39 Å². The van der Waals surface area contributed by atoms with Gasteiger partial charge >= 0.3 is 0 Å². The van der Waals surface area contributed by atoms with Crippen LogP contribution in [0.25, 0.3) is 0 Å². The maximum atomic E-state index is 13.3. The molecule has 1 aromatic rings. The first-order valence-corrected chi connectivity index (χ1v) is 4.52. The fourth-order valence-electron chi connectivity index (χ4n) is 1.03. The highest BCUT2D eigenvalue weighted by atomic mass is 19.1. The van der Waals surface area contributed by atoms with Crippen molar-refractivity contribution in [3.63, 3.8) is 0 Å². The van der Waals surface area contributed by atoms with Gasteiger partial charge in [-0.05, 0) is 25.2 Å². The lowest BCUT2D eigenvalue weighted by atomic mass is 10.2. The first-order valence-electron chi connectivity index (χ1n) is 4.52. The molecule has 0 heterocycles. The van der Waals surface area contributed by atoms with E-state index in [2.05, 4.69) is 5.32 Å². The van der Waals surface area contributed by atoms with Crippen molar-refractivity contribution >= 4 is 5.91 Å². The second-order valence-electron chi connectivity index (χ2n) is 2.96. The van der Waals surface area contributed by atoms with Crippen LogP contribution < -0.4 is 15.8 Å². The Hall–Kier alpha value is -1.62. The van der Waals surface area contributed by atoms with Crippen LogP contribution in [0.15, 0.2) is 18.2 Å². The molecule has 0 spiro atoms. The van der Waals surface area contributed by atoms with E-state index in [0.29, 0.717) is 13.2 Å². The summed E-state index contributed by atoms with van der Waals surface area (Å²) in [5.41, 5.74) is 5.13. The fraction of sp³-hybridized carbons (Fsp3) is 0.300. The first kappa shape index (κ1) is 11.5. The zero-order valence-electron chi connectivity index (χ0n) is 8.42. The number of carbonyl (C=O) groups excluding carboxylic acids is 1. The summed E-state index contributed by atoms with van der Waals surface area (Å²) in [5, 5.41) is 2.87. The van der Waals surface area contributed by atoms with Crippen LogP contribution in [0.4, 0.5) is 4.39 Å². The summed E-state index contributed by atoms with van der Waals surface area (Å²) in [6, 6.07) is 3.89. The van der Waals surface area contributed by atoms with E-state index in [1.165, 1.54) is 12.1 Å². The number of nitrogens with two attached hydrogens (primary N) is 1. The lowest BCUT2D eigenvalue weighted by Gasteiger charge is -2.07. The normalized spacial score (nSPS) is 10.0. The van der Waals surface area contributed by atoms with Crippen molar-refractivity contribution < 1.29 is 13.9 Å².